The maximum Gasteiger partial charge on any atom is 0.0284 e. The normalized spacial score (nSPS) is 12.9. The second-order valence-corrected chi connectivity index (χ2v) is 2.69. The van der Waals surface area contributed by atoms with Gasteiger partial charge in [0.15, 0.2) is 0 Å². The number of rotatable bonds is 2. The Balaban J connectivity index is 3.45. The monoisotopic (exact) mass is 133 g/mol. The molecule has 0 aliphatic heterocycles. The molecule has 0 amide bonds. The van der Waals surface area contributed by atoms with Crippen molar-refractivity contribution >= 4 is 11.1 Å². The minimum atomic E-state index is -1.91. The Bertz CT molecular complexity index is 114. The average Bonchev–Trinajstić information content (AvgIpc) is 1.61. The van der Waals surface area contributed by atoms with Gasteiger partial charge in [-0.2, -0.15) is 0 Å². The van der Waals surface area contributed by atoms with Crippen molar-refractivity contribution in [1.29, 1.82) is 0 Å². The van der Waals surface area contributed by atoms with E-state index in [1.165, 1.54) is 0 Å². The van der Waals surface area contributed by atoms with Gasteiger partial charge in [-0.25, -0.2) is 0 Å². The molecule has 1 unspecified atom stereocenters. The summed E-state index contributed by atoms with van der Waals surface area (Å²) in [5.41, 5.74) is 1.04. The Morgan fingerprint density at radius 3 is 2.38 bits per heavy atom. The smallest absolute Gasteiger partial charge is 0.0284 e. The first kappa shape index (κ1) is 7.85. The molecule has 8 heavy (non-hydrogen) atoms. The summed E-state index contributed by atoms with van der Waals surface area (Å²) in [6.07, 6.45) is 1.67. The van der Waals surface area contributed by atoms with Gasteiger partial charge in [-0.15, -0.1) is 0 Å². The molecule has 0 radical (unpaired) electrons. The van der Waals surface area contributed by atoms with Gasteiger partial charge in [-0.3, -0.25) is 4.21 Å². The molecule has 0 aromatic carbocycles. The van der Waals surface area contributed by atoms with Gasteiger partial charge in [0.05, 0.1) is 0 Å². The quantitative estimate of drug-likeness (QED) is 0.413. The van der Waals surface area contributed by atoms with Crippen LogP contribution in [0.15, 0.2) is 11.6 Å². The molecule has 0 saturated heterocycles. The van der Waals surface area contributed by atoms with Crippen LogP contribution in [-0.4, -0.2) is 14.5 Å². The van der Waals surface area contributed by atoms with E-state index in [0.29, 0.717) is 0 Å². The fourth-order valence-corrected chi connectivity index (χ4v) is 0.704. The van der Waals surface area contributed by atoms with E-state index in [9.17, 15) is 8.76 Å². The second-order valence-electron chi connectivity index (χ2n) is 1.75. The summed E-state index contributed by atoms with van der Waals surface area (Å²) in [7, 11) is 0. The third-order valence-corrected chi connectivity index (χ3v) is 1.07. The van der Waals surface area contributed by atoms with Gasteiger partial charge in [-0.1, -0.05) is 22.7 Å². The van der Waals surface area contributed by atoms with Gasteiger partial charge in [-0.05, 0) is 13.8 Å². The molecule has 0 bridgehead atoms. The van der Waals surface area contributed by atoms with Gasteiger partial charge in [0, 0.05) is 5.75 Å². The highest BCUT2D eigenvalue weighted by molar-refractivity contribution is 7.79. The molecule has 3 heteroatoms. The van der Waals surface area contributed by atoms with Gasteiger partial charge >= 0.3 is 0 Å². The minimum absolute atomic E-state index is 0.141. The molecular weight excluding hydrogens is 124 g/mol. The fourth-order valence-electron chi connectivity index (χ4n) is 0.235. The first-order chi connectivity index (χ1) is 3.63. The Labute approximate surface area is 51.9 Å². The zero-order valence-corrected chi connectivity index (χ0v) is 5.83. The van der Waals surface area contributed by atoms with Crippen LogP contribution >= 0.6 is 0 Å². The van der Waals surface area contributed by atoms with Crippen molar-refractivity contribution in [3.63, 3.8) is 0 Å². The lowest BCUT2D eigenvalue weighted by atomic mass is 10.3. The summed E-state index contributed by atoms with van der Waals surface area (Å²) in [4.78, 5) is 0. The lowest BCUT2D eigenvalue weighted by molar-refractivity contribution is 0.540. The molecule has 0 fully saturated rings. The molecule has 0 aromatic heterocycles. The third kappa shape index (κ3) is 5.85. The van der Waals surface area contributed by atoms with Crippen LogP contribution in [0, 0.1) is 0 Å². The van der Waals surface area contributed by atoms with E-state index < -0.39 is 11.1 Å². The predicted molar refractivity (Wildman–Crippen MR) is 33.2 cm³/mol. The van der Waals surface area contributed by atoms with E-state index in [-0.39, 0.29) is 5.75 Å². The summed E-state index contributed by atoms with van der Waals surface area (Å²) in [6, 6.07) is 0. The molecule has 2 nitrogen and oxygen atoms in total. The van der Waals surface area contributed by atoms with Gasteiger partial charge in [0.25, 0.3) is 0 Å². The topological polar surface area (TPSA) is 40.1 Å². The minimum Gasteiger partial charge on any atom is -0.772 e. The lowest BCUT2D eigenvalue weighted by Crippen LogP contribution is -1.90. The van der Waals surface area contributed by atoms with Crippen molar-refractivity contribution in [2.45, 2.75) is 13.8 Å². The van der Waals surface area contributed by atoms with Crippen molar-refractivity contribution in [2.75, 3.05) is 5.75 Å². The second kappa shape index (κ2) is 3.80. The van der Waals surface area contributed by atoms with E-state index in [1.807, 2.05) is 13.8 Å². The van der Waals surface area contributed by atoms with Crippen LogP contribution in [0.5, 0.6) is 0 Å². The summed E-state index contributed by atoms with van der Waals surface area (Å²) in [5.74, 6) is 0.141. The molecule has 0 aromatic rings. The lowest BCUT2D eigenvalue weighted by Gasteiger charge is -1.98. The Kier molecular flexibility index (Phi) is 3.73. The van der Waals surface area contributed by atoms with Gasteiger partial charge in [0.1, 0.15) is 0 Å². The largest absolute Gasteiger partial charge is 0.772 e. The average molecular weight is 133 g/mol. The van der Waals surface area contributed by atoms with E-state index in [0.717, 1.165) is 5.57 Å². The standard InChI is InChI=1S/C5H10O2S/c1-5(2)3-4-8(6)7/h3H,4H2,1-2H3,(H,6,7)/p-1. The maximum atomic E-state index is 9.86. The SMILES string of the molecule is CC(C)=CCS(=O)[O-]. The summed E-state index contributed by atoms with van der Waals surface area (Å²) in [5, 5.41) is 0. The number of hydrogen-bond acceptors (Lipinski definition) is 2. The zero-order valence-electron chi connectivity index (χ0n) is 5.01. The van der Waals surface area contributed by atoms with E-state index in [2.05, 4.69) is 0 Å². The molecular formula is C5H9O2S-. The third-order valence-electron chi connectivity index (χ3n) is 0.628. The molecule has 1 atom stereocenters. The van der Waals surface area contributed by atoms with Crippen LogP contribution in [0.3, 0.4) is 0 Å². The fraction of sp³-hybridized carbons (Fsp3) is 0.600. The first-order valence-electron chi connectivity index (χ1n) is 2.32. The van der Waals surface area contributed by atoms with E-state index in [4.69, 9.17) is 0 Å². The number of hydrogen-bond donors (Lipinski definition) is 0. The van der Waals surface area contributed by atoms with Gasteiger partial charge < -0.3 is 4.55 Å². The Morgan fingerprint density at radius 2 is 2.25 bits per heavy atom. The molecule has 0 N–H and O–H groups in total. The van der Waals surface area contributed by atoms with Crippen LogP contribution in [0.4, 0.5) is 0 Å². The molecule has 0 rings (SSSR count). The predicted octanol–water partition coefficient (Wildman–Crippen LogP) is 0.832. The zero-order chi connectivity index (χ0) is 6.57. The summed E-state index contributed by atoms with van der Waals surface area (Å²) in [6.45, 7) is 3.74. The first-order valence-corrected chi connectivity index (χ1v) is 3.56. The van der Waals surface area contributed by atoms with E-state index in [1.54, 1.807) is 6.08 Å². The van der Waals surface area contributed by atoms with Crippen molar-refractivity contribution in [1.82, 2.24) is 0 Å². The van der Waals surface area contributed by atoms with Crippen molar-refractivity contribution in [3.05, 3.63) is 11.6 Å². The molecule has 0 aliphatic rings. The number of allylic oxidation sites excluding steroid dienone is 1. The Morgan fingerprint density at radius 1 is 1.75 bits per heavy atom. The summed E-state index contributed by atoms with van der Waals surface area (Å²) >= 11 is -1.91. The van der Waals surface area contributed by atoms with Crippen molar-refractivity contribution in [2.24, 2.45) is 0 Å². The van der Waals surface area contributed by atoms with Crippen LogP contribution in [0.1, 0.15) is 13.8 Å². The summed E-state index contributed by atoms with van der Waals surface area (Å²) < 4.78 is 19.7. The molecule has 0 aliphatic carbocycles. The molecule has 0 saturated carbocycles. The van der Waals surface area contributed by atoms with Gasteiger partial charge in [0.2, 0.25) is 0 Å². The van der Waals surface area contributed by atoms with Crippen LogP contribution in [0.25, 0.3) is 0 Å². The van der Waals surface area contributed by atoms with Crippen LogP contribution < -0.4 is 0 Å². The highest BCUT2D eigenvalue weighted by Gasteiger charge is 1.76. The van der Waals surface area contributed by atoms with Crippen LogP contribution in [-0.2, 0) is 11.1 Å². The molecule has 0 heterocycles. The van der Waals surface area contributed by atoms with Crippen molar-refractivity contribution in [3.8, 4) is 0 Å². The maximum absolute atomic E-state index is 9.86. The van der Waals surface area contributed by atoms with E-state index >= 15 is 0 Å². The highest BCUT2D eigenvalue weighted by atomic mass is 32.2. The highest BCUT2D eigenvalue weighted by Crippen LogP contribution is 1.87. The Hall–Kier alpha value is -0.150. The van der Waals surface area contributed by atoms with Crippen LogP contribution in [0.2, 0.25) is 0 Å². The van der Waals surface area contributed by atoms with Crippen molar-refractivity contribution < 1.29 is 8.76 Å². The molecule has 0 spiro atoms. The molecule has 48 valence electrons.